The summed E-state index contributed by atoms with van der Waals surface area (Å²) in [7, 11) is 0. The van der Waals surface area contributed by atoms with Gasteiger partial charge in [-0.25, -0.2) is 13.8 Å². The maximum atomic E-state index is 13.5. The molecule has 0 spiro atoms. The predicted molar refractivity (Wildman–Crippen MR) is 120 cm³/mol. The van der Waals surface area contributed by atoms with Crippen molar-refractivity contribution in [2.45, 2.75) is 37.6 Å². The van der Waals surface area contributed by atoms with Gasteiger partial charge in [0.05, 0.1) is 11.1 Å². The lowest BCUT2D eigenvalue weighted by atomic mass is 10.1. The normalized spacial score (nSPS) is 11.3. The molecule has 0 aliphatic carbocycles. The van der Waals surface area contributed by atoms with Gasteiger partial charge in [0.2, 0.25) is 0 Å². The Labute approximate surface area is 181 Å². The summed E-state index contributed by atoms with van der Waals surface area (Å²) >= 11 is 2.96. The third-order valence-corrected chi connectivity index (χ3v) is 7.13. The Bertz CT molecular complexity index is 1250. The van der Waals surface area contributed by atoms with Crippen LogP contribution < -0.4 is 5.56 Å². The van der Waals surface area contributed by atoms with Crippen molar-refractivity contribution in [1.29, 1.82) is 0 Å². The first-order chi connectivity index (χ1) is 14.5. The van der Waals surface area contributed by atoms with Crippen LogP contribution in [0.15, 0.2) is 58.5 Å². The summed E-state index contributed by atoms with van der Waals surface area (Å²) < 4.78 is 28.2. The molecule has 0 amide bonds. The van der Waals surface area contributed by atoms with Crippen molar-refractivity contribution in [1.82, 2.24) is 9.55 Å². The van der Waals surface area contributed by atoms with Crippen molar-refractivity contribution in [3.63, 3.8) is 0 Å². The molecule has 4 rings (SSSR count). The van der Waals surface area contributed by atoms with Gasteiger partial charge in [0, 0.05) is 10.6 Å². The van der Waals surface area contributed by atoms with Crippen LogP contribution in [0.2, 0.25) is 0 Å². The molecular weight excluding hydrogens is 422 g/mol. The number of rotatable bonds is 6. The third kappa shape index (κ3) is 4.04. The van der Waals surface area contributed by atoms with E-state index in [0.29, 0.717) is 22.0 Å². The topological polar surface area (TPSA) is 34.9 Å². The number of hydrogen-bond donors (Lipinski definition) is 0. The van der Waals surface area contributed by atoms with Crippen LogP contribution in [0.25, 0.3) is 15.9 Å². The Kier molecular flexibility index (Phi) is 6.01. The smallest absolute Gasteiger partial charge is 0.267 e. The number of halogens is 2. The molecule has 0 atom stereocenters. The van der Waals surface area contributed by atoms with E-state index in [1.54, 1.807) is 40.2 Å². The fraction of sp³-hybridized carbons (Fsp3) is 0.217. The molecular formula is C23H20F2N2OS2. The van der Waals surface area contributed by atoms with Crippen molar-refractivity contribution in [3.05, 3.63) is 86.5 Å². The molecule has 3 nitrogen and oxygen atoms in total. The number of hydrogen-bond acceptors (Lipinski definition) is 4. The Balaban J connectivity index is 1.85. The van der Waals surface area contributed by atoms with Crippen molar-refractivity contribution < 1.29 is 8.78 Å². The molecule has 0 bridgehead atoms. The molecule has 2 aromatic heterocycles. The van der Waals surface area contributed by atoms with E-state index in [4.69, 9.17) is 4.98 Å². The maximum absolute atomic E-state index is 13.5. The second kappa shape index (κ2) is 8.70. The maximum Gasteiger partial charge on any atom is 0.267 e. The third-order valence-electron chi connectivity index (χ3n) is 4.88. The van der Waals surface area contributed by atoms with Gasteiger partial charge in [-0.15, -0.1) is 11.3 Å². The Morgan fingerprint density at radius 1 is 1.03 bits per heavy atom. The van der Waals surface area contributed by atoms with Gasteiger partial charge in [0.15, 0.2) is 5.16 Å². The van der Waals surface area contributed by atoms with Crippen LogP contribution in [0.5, 0.6) is 0 Å². The van der Waals surface area contributed by atoms with Gasteiger partial charge in [0.25, 0.3) is 5.56 Å². The number of benzene rings is 2. The van der Waals surface area contributed by atoms with E-state index < -0.39 is 0 Å². The zero-order valence-electron chi connectivity index (χ0n) is 16.6. The van der Waals surface area contributed by atoms with Crippen molar-refractivity contribution in [2.24, 2.45) is 0 Å². The van der Waals surface area contributed by atoms with Crippen LogP contribution in [0.3, 0.4) is 0 Å². The molecule has 2 heterocycles. The highest BCUT2D eigenvalue weighted by Crippen LogP contribution is 2.32. The summed E-state index contributed by atoms with van der Waals surface area (Å²) in [5, 5.41) is 1.16. The Morgan fingerprint density at radius 2 is 1.67 bits per heavy atom. The molecule has 0 N–H and O–H groups in total. The number of thiophene rings is 1. The standard InChI is InChI=1S/C23H20F2N2OS2/c1-3-4-19-14(2)20-21(30-19)26-23(29-13-15-5-7-16(24)8-6-15)27(22(20)28)18-11-9-17(25)10-12-18/h5-12H,3-4,13H2,1-2H3. The molecule has 0 saturated heterocycles. The Hall–Kier alpha value is -2.51. The number of aromatic nitrogens is 2. The summed E-state index contributed by atoms with van der Waals surface area (Å²) in [5.74, 6) is -0.117. The molecule has 30 heavy (non-hydrogen) atoms. The van der Waals surface area contributed by atoms with Gasteiger partial charge in [-0.1, -0.05) is 37.2 Å². The van der Waals surface area contributed by atoms with E-state index in [9.17, 15) is 13.6 Å². The van der Waals surface area contributed by atoms with E-state index >= 15 is 0 Å². The highest BCUT2D eigenvalue weighted by molar-refractivity contribution is 7.98. The Morgan fingerprint density at radius 3 is 2.30 bits per heavy atom. The molecule has 0 radical (unpaired) electrons. The van der Waals surface area contributed by atoms with E-state index in [1.165, 1.54) is 40.9 Å². The second-order valence-corrected chi connectivity index (χ2v) is 9.03. The molecule has 0 aliphatic heterocycles. The second-order valence-electron chi connectivity index (χ2n) is 7.01. The van der Waals surface area contributed by atoms with Crippen LogP contribution in [0.1, 0.15) is 29.3 Å². The number of thioether (sulfide) groups is 1. The largest absolute Gasteiger partial charge is 0.268 e. The van der Waals surface area contributed by atoms with Crippen LogP contribution in [0, 0.1) is 18.6 Å². The molecule has 0 saturated carbocycles. The quantitative estimate of drug-likeness (QED) is 0.260. The fourth-order valence-electron chi connectivity index (χ4n) is 3.32. The number of fused-ring (bicyclic) bond motifs is 1. The number of nitrogens with zero attached hydrogens (tertiary/aromatic N) is 2. The van der Waals surface area contributed by atoms with Crippen LogP contribution in [-0.4, -0.2) is 9.55 Å². The zero-order chi connectivity index (χ0) is 21.3. The minimum atomic E-state index is -0.363. The average Bonchev–Trinajstić information content (AvgIpc) is 3.04. The molecule has 4 aromatic rings. The fourth-order valence-corrected chi connectivity index (χ4v) is 5.61. The van der Waals surface area contributed by atoms with Crippen molar-refractivity contribution in [2.75, 3.05) is 0 Å². The minimum absolute atomic E-state index is 0.149. The summed E-state index contributed by atoms with van der Waals surface area (Å²) in [5.41, 5.74) is 2.32. The summed E-state index contributed by atoms with van der Waals surface area (Å²) in [4.78, 5) is 20.2. The van der Waals surface area contributed by atoms with Crippen LogP contribution in [-0.2, 0) is 12.2 Å². The first-order valence-corrected chi connectivity index (χ1v) is 11.5. The highest BCUT2D eigenvalue weighted by atomic mass is 32.2. The van der Waals surface area contributed by atoms with Crippen molar-refractivity contribution in [3.8, 4) is 5.69 Å². The van der Waals surface area contributed by atoms with E-state index in [0.717, 1.165) is 28.8 Å². The summed E-state index contributed by atoms with van der Waals surface area (Å²) in [6.45, 7) is 4.07. The monoisotopic (exact) mass is 442 g/mol. The molecule has 154 valence electrons. The van der Waals surface area contributed by atoms with Crippen molar-refractivity contribution >= 4 is 33.3 Å². The van der Waals surface area contributed by atoms with E-state index in [-0.39, 0.29) is 17.2 Å². The molecule has 7 heteroatoms. The summed E-state index contributed by atoms with van der Waals surface area (Å²) in [6.07, 6.45) is 1.90. The number of aryl methyl sites for hydroxylation is 2. The highest BCUT2D eigenvalue weighted by Gasteiger charge is 2.19. The molecule has 2 aromatic carbocycles. The van der Waals surface area contributed by atoms with Gasteiger partial charge in [-0.2, -0.15) is 0 Å². The minimum Gasteiger partial charge on any atom is -0.268 e. The van der Waals surface area contributed by atoms with E-state index in [1.807, 2.05) is 6.92 Å². The van der Waals surface area contributed by atoms with Gasteiger partial charge >= 0.3 is 0 Å². The summed E-state index contributed by atoms with van der Waals surface area (Å²) in [6, 6.07) is 12.1. The van der Waals surface area contributed by atoms with Gasteiger partial charge in [0.1, 0.15) is 16.5 Å². The van der Waals surface area contributed by atoms with E-state index in [2.05, 4.69) is 6.92 Å². The molecule has 0 aliphatic rings. The van der Waals surface area contributed by atoms with Gasteiger partial charge < -0.3 is 0 Å². The lowest BCUT2D eigenvalue weighted by Gasteiger charge is -2.12. The average molecular weight is 443 g/mol. The van der Waals surface area contributed by atoms with Crippen LogP contribution in [0.4, 0.5) is 8.78 Å². The van der Waals surface area contributed by atoms with Gasteiger partial charge in [-0.05, 0) is 60.9 Å². The SMILES string of the molecule is CCCc1sc2nc(SCc3ccc(F)cc3)n(-c3ccc(F)cc3)c(=O)c2c1C. The first kappa shape index (κ1) is 20.8. The van der Waals surface area contributed by atoms with Crippen LogP contribution >= 0.6 is 23.1 Å². The lowest BCUT2D eigenvalue weighted by molar-refractivity contribution is 0.626. The molecule has 0 fully saturated rings. The zero-order valence-corrected chi connectivity index (χ0v) is 18.2. The van der Waals surface area contributed by atoms with Gasteiger partial charge in [-0.3, -0.25) is 9.36 Å². The predicted octanol–water partition coefficient (Wildman–Crippen LogP) is 6.28. The lowest BCUT2D eigenvalue weighted by Crippen LogP contribution is -2.21. The molecule has 0 unspecified atom stereocenters. The first-order valence-electron chi connectivity index (χ1n) is 9.66.